The first kappa shape index (κ1) is 18.1. The predicted octanol–water partition coefficient (Wildman–Crippen LogP) is 3.14. The zero-order chi connectivity index (χ0) is 14.4. The van der Waals surface area contributed by atoms with Gasteiger partial charge in [0.1, 0.15) is 5.75 Å². The van der Waals surface area contributed by atoms with E-state index in [0.717, 1.165) is 37.7 Å². The van der Waals surface area contributed by atoms with E-state index in [2.05, 4.69) is 15.0 Å². The molecule has 6 heteroatoms. The molecule has 0 radical (unpaired) electrons. The van der Waals surface area contributed by atoms with Crippen LogP contribution in [0.15, 0.2) is 24.3 Å². The number of benzene rings is 1. The number of rotatable bonds is 6. The van der Waals surface area contributed by atoms with Gasteiger partial charge in [-0.2, -0.15) is 8.78 Å². The van der Waals surface area contributed by atoms with Gasteiger partial charge in [0.15, 0.2) is 0 Å². The molecular formula is C15H23ClF2N2O. The summed E-state index contributed by atoms with van der Waals surface area (Å²) in [6.45, 7) is 1.41. The molecular weight excluding hydrogens is 298 g/mol. The number of likely N-dealkylation sites (tertiary alicyclic amines) is 1. The average Bonchev–Trinajstić information content (AvgIpc) is 2.43. The summed E-state index contributed by atoms with van der Waals surface area (Å²) in [6, 6.07) is 6.93. The van der Waals surface area contributed by atoms with Crippen molar-refractivity contribution in [2.24, 2.45) is 5.92 Å². The van der Waals surface area contributed by atoms with Gasteiger partial charge in [0.05, 0.1) is 0 Å². The van der Waals surface area contributed by atoms with Gasteiger partial charge < -0.3 is 10.1 Å². The molecule has 0 saturated carbocycles. The minimum Gasteiger partial charge on any atom is -0.435 e. The normalized spacial score (nSPS) is 16.8. The van der Waals surface area contributed by atoms with Gasteiger partial charge in [-0.1, -0.05) is 12.1 Å². The smallest absolute Gasteiger partial charge is 0.387 e. The first-order valence-electron chi connectivity index (χ1n) is 7.08. The highest BCUT2D eigenvalue weighted by molar-refractivity contribution is 5.85. The second kappa shape index (κ2) is 9.18. The molecule has 1 fully saturated rings. The second-order valence-electron chi connectivity index (χ2n) is 5.30. The van der Waals surface area contributed by atoms with Crippen molar-refractivity contribution in [2.75, 3.05) is 26.7 Å². The summed E-state index contributed by atoms with van der Waals surface area (Å²) < 4.78 is 28.5. The molecule has 0 aromatic heterocycles. The molecule has 3 nitrogen and oxygen atoms in total. The van der Waals surface area contributed by atoms with Crippen molar-refractivity contribution in [2.45, 2.75) is 26.0 Å². The zero-order valence-electron chi connectivity index (χ0n) is 12.2. The molecule has 0 bridgehead atoms. The maximum atomic E-state index is 12.1. The summed E-state index contributed by atoms with van der Waals surface area (Å²) in [4.78, 5) is 2.41. The summed E-state index contributed by atoms with van der Waals surface area (Å²) in [7, 11) is 2.00. The van der Waals surface area contributed by atoms with Crippen molar-refractivity contribution < 1.29 is 13.5 Å². The van der Waals surface area contributed by atoms with E-state index < -0.39 is 6.61 Å². The van der Waals surface area contributed by atoms with Gasteiger partial charge in [0.25, 0.3) is 0 Å². The largest absolute Gasteiger partial charge is 0.435 e. The van der Waals surface area contributed by atoms with Gasteiger partial charge in [-0.25, -0.2) is 0 Å². The molecule has 0 atom stereocenters. The van der Waals surface area contributed by atoms with E-state index >= 15 is 0 Å². The van der Waals surface area contributed by atoms with Crippen LogP contribution in [0.1, 0.15) is 18.4 Å². The van der Waals surface area contributed by atoms with Crippen molar-refractivity contribution in [3.8, 4) is 5.75 Å². The van der Waals surface area contributed by atoms with E-state index in [-0.39, 0.29) is 18.2 Å². The molecule has 1 aliphatic rings. The Balaban J connectivity index is 0.00000220. The highest BCUT2D eigenvalue weighted by Gasteiger charge is 2.18. The highest BCUT2D eigenvalue weighted by atomic mass is 35.5. The van der Waals surface area contributed by atoms with E-state index in [1.807, 2.05) is 19.2 Å². The molecule has 21 heavy (non-hydrogen) atoms. The van der Waals surface area contributed by atoms with Crippen LogP contribution in [0.25, 0.3) is 0 Å². The Kier molecular flexibility index (Phi) is 7.93. The number of nitrogens with zero attached hydrogens (tertiary/aromatic N) is 1. The lowest BCUT2D eigenvalue weighted by atomic mass is 9.96. The van der Waals surface area contributed by atoms with Crippen molar-refractivity contribution in [3.05, 3.63) is 29.8 Å². The third kappa shape index (κ3) is 6.16. The number of halogens is 3. The van der Waals surface area contributed by atoms with Crippen LogP contribution in [-0.2, 0) is 6.54 Å². The molecule has 1 saturated heterocycles. The van der Waals surface area contributed by atoms with Gasteiger partial charge in [-0.15, -0.1) is 12.4 Å². The van der Waals surface area contributed by atoms with Gasteiger partial charge in [0, 0.05) is 6.54 Å². The maximum absolute atomic E-state index is 12.1. The molecule has 1 aliphatic heterocycles. The Hall–Kier alpha value is -0.910. The fraction of sp³-hybridized carbons (Fsp3) is 0.600. The average molecular weight is 321 g/mol. The number of nitrogens with one attached hydrogen (secondary N) is 1. The van der Waals surface area contributed by atoms with Gasteiger partial charge in [-0.3, -0.25) is 4.90 Å². The standard InChI is InChI=1S/C15H22F2N2O.ClH/c1-18-10-12-6-8-19(9-7-12)11-13-2-4-14(5-3-13)20-15(16)17;/h2-5,12,15,18H,6-11H2,1H3;1H. The first-order valence-corrected chi connectivity index (χ1v) is 7.08. The predicted molar refractivity (Wildman–Crippen MR) is 82.2 cm³/mol. The fourth-order valence-electron chi connectivity index (χ4n) is 2.67. The molecule has 120 valence electrons. The van der Waals surface area contributed by atoms with Crippen LogP contribution in [-0.4, -0.2) is 38.2 Å². The van der Waals surface area contributed by atoms with Crippen molar-refractivity contribution in [1.82, 2.24) is 10.2 Å². The molecule has 0 spiro atoms. The Bertz CT molecular complexity index is 395. The Morgan fingerprint density at radius 2 is 1.86 bits per heavy atom. The van der Waals surface area contributed by atoms with E-state index in [1.165, 1.54) is 12.8 Å². The number of piperidine rings is 1. The molecule has 1 aromatic carbocycles. The molecule has 0 unspecified atom stereocenters. The molecule has 0 amide bonds. The Labute approximate surface area is 131 Å². The van der Waals surface area contributed by atoms with Crippen LogP contribution < -0.4 is 10.1 Å². The molecule has 1 aromatic rings. The van der Waals surface area contributed by atoms with Crippen LogP contribution >= 0.6 is 12.4 Å². The van der Waals surface area contributed by atoms with Gasteiger partial charge >= 0.3 is 6.61 Å². The molecule has 1 N–H and O–H groups in total. The third-order valence-corrected chi connectivity index (χ3v) is 3.75. The Morgan fingerprint density at radius 1 is 1.24 bits per heavy atom. The summed E-state index contributed by atoms with van der Waals surface area (Å²) in [5, 5.41) is 3.23. The number of hydrogen-bond acceptors (Lipinski definition) is 3. The van der Waals surface area contributed by atoms with Crippen molar-refractivity contribution >= 4 is 12.4 Å². The minimum atomic E-state index is -2.76. The van der Waals surface area contributed by atoms with Crippen LogP contribution in [0.4, 0.5) is 8.78 Å². The maximum Gasteiger partial charge on any atom is 0.387 e. The van der Waals surface area contributed by atoms with Crippen LogP contribution in [0.2, 0.25) is 0 Å². The topological polar surface area (TPSA) is 24.5 Å². The second-order valence-corrected chi connectivity index (χ2v) is 5.30. The van der Waals surface area contributed by atoms with Gasteiger partial charge in [0.2, 0.25) is 0 Å². The van der Waals surface area contributed by atoms with Crippen LogP contribution in [0.5, 0.6) is 5.75 Å². The lowest BCUT2D eigenvalue weighted by Crippen LogP contribution is -2.36. The van der Waals surface area contributed by atoms with Gasteiger partial charge in [-0.05, 0) is 63.1 Å². The molecule has 0 aliphatic carbocycles. The number of ether oxygens (including phenoxy) is 1. The SMILES string of the molecule is CNCC1CCN(Cc2ccc(OC(F)F)cc2)CC1.Cl. The van der Waals surface area contributed by atoms with Crippen molar-refractivity contribution in [3.63, 3.8) is 0 Å². The fourth-order valence-corrected chi connectivity index (χ4v) is 2.67. The van der Waals surface area contributed by atoms with Crippen LogP contribution in [0.3, 0.4) is 0 Å². The van der Waals surface area contributed by atoms with E-state index in [1.54, 1.807) is 12.1 Å². The van der Waals surface area contributed by atoms with E-state index in [0.29, 0.717) is 0 Å². The number of alkyl halides is 2. The summed E-state index contributed by atoms with van der Waals surface area (Å²) in [6.07, 6.45) is 2.43. The summed E-state index contributed by atoms with van der Waals surface area (Å²) >= 11 is 0. The van der Waals surface area contributed by atoms with E-state index in [4.69, 9.17) is 0 Å². The van der Waals surface area contributed by atoms with Crippen molar-refractivity contribution in [1.29, 1.82) is 0 Å². The summed E-state index contributed by atoms with van der Waals surface area (Å²) in [5.74, 6) is 0.995. The molecule has 2 rings (SSSR count). The lowest BCUT2D eigenvalue weighted by Gasteiger charge is -2.31. The lowest BCUT2D eigenvalue weighted by molar-refractivity contribution is -0.0498. The summed E-state index contributed by atoms with van der Waals surface area (Å²) in [5.41, 5.74) is 1.14. The Morgan fingerprint density at radius 3 is 2.38 bits per heavy atom. The third-order valence-electron chi connectivity index (χ3n) is 3.75. The monoisotopic (exact) mass is 320 g/mol. The quantitative estimate of drug-likeness (QED) is 0.871. The minimum absolute atomic E-state index is 0. The molecule has 1 heterocycles. The van der Waals surface area contributed by atoms with Crippen LogP contribution in [0, 0.1) is 5.92 Å². The highest BCUT2D eigenvalue weighted by Crippen LogP contribution is 2.20. The number of hydrogen-bond donors (Lipinski definition) is 1. The van der Waals surface area contributed by atoms with E-state index in [9.17, 15) is 8.78 Å². The zero-order valence-corrected chi connectivity index (χ0v) is 13.0. The first-order chi connectivity index (χ1) is 9.67.